The van der Waals surface area contributed by atoms with Crippen LogP contribution in [0.15, 0.2) is 0 Å². The monoisotopic (exact) mass is 348 g/mol. The zero-order valence-corrected chi connectivity index (χ0v) is 15.8. The molecule has 4 rings (SSSR count). The van der Waals surface area contributed by atoms with Crippen molar-refractivity contribution in [3.63, 3.8) is 0 Å². The van der Waals surface area contributed by atoms with Crippen LogP contribution in [0.5, 0.6) is 0 Å². The number of Topliss-reactive ketones (excluding diaryl/α,β-unsaturated/α-hetero) is 2. The van der Waals surface area contributed by atoms with Crippen LogP contribution in [0, 0.1) is 34.5 Å². The van der Waals surface area contributed by atoms with Gasteiger partial charge in [-0.3, -0.25) is 9.59 Å². The Bertz CT molecular complexity index is 615. The first-order valence-corrected chi connectivity index (χ1v) is 10.1. The summed E-state index contributed by atoms with van der Waals surface area (Å²) in [5.74, 6) is 1.52. The van der Waals surface area contributed by atoms with Crippen LogP contribution in [-0.2, 0) is 9.59 Å². The number of aliphatic hydroxyl groups is 2. The molecule has 4 heteroatoms. The van der Waals surface area contributed by atoms with Gasteiger partial charge in [0.15, 0.2) is 5.78 Å². The molecule has 4 aliphatic carbocycles. The number of fused-ring (bicyclic) bond motifs is 5. The Morgan fingerprint density at radius 2 is 1.72 bits per heavy atom. The topological polar surface area (TPSA) is 74.6 Å². The number of rotatable bonds is 1. The van der Waals surface area contributed by atoms with E-state index in [1.807, 2.05) is 0 Å². The summed E-state index contributed by atoms with van der Waals surface area (Å²) in [6.45, 7) is 6.14. The smallest absolute Gasteiger partial charge is 0.193 e. The molecule has 0 aromatic rings. The second-order valence-corrected chi connectivity index (χ2v) is 9.90. The average Bonchev–Trinajstić information content (AvgIpc) is 2.91. The summed E-state index contributed by atoms with van der Waals surface area (Å²) >= 11 is 0. The van der Waals surface area contributed by atoms with Gasteiger partial charge < -0.3 is 10.2 Å². The number of carbonyl (C=O) groups excluding carboxylic acids is 2. The second kappa shape index (κ2) is 5.39. The number of hydrogen-bond acceptors (Lipinski definition) is 4. The van der Waals surface area contributed by atoms with Crippen molar-refractivity contribution in [2.45, 2.75) is 83.8 Å². The van der Waals surface area contributed by atoms with Crippen LogP contribution in [-0.4, -0.2) is 33.5 Å². The normalized spacial score (nSPS) is 55.2. The predicted octanol–water partition coefficient (Wildman–Crippen LogP) is 2.89. The molecule has 4 fully saturated rings. The van der Waals surface area contributed by atoms with Crippen LogP contribution >= 0.6 is 0 Å². The van der Waals surface area contributed by atoms with Gasteiger partial charge in [-0.15, -0.1) is 0 Å². The molecule has 0 bridgehead atoms. The molecule has 4 saturated carbocycles. The average molecular weight is 348 g/mol. The summed E-state index contributed by atoms with van der Waals surface area (Å²) in [5, 5.41) is 21.3. The van der Waals surface area contributed by atoms with Crippen molar-refractivity contribution in [1.82, 2.24) is 0 Å². The molecule has 0 aliphatic heterocycles. The first kappa shape index (κ1) is 17.7. The molecular weight excluding hydrogens is 316 g/mol. The van der Waals surface area contributed by atoms with Gasteiger partial charge in [0.1, 0.15) is 17.5 Å². The van der Waals surface area contributed by atoms with E-state index in [1.165, 1.54) is 0 Å². The summed E-state index contributed by atoms with van der Waals surface area (Å²) in [7, 11) is 0. The van der Waals surface area contributed by atoms with E-state index in [1.54, 1.807) is 6.92 Å². The predicted molar refractivity (Wildman–Crippen MR) is 93.8 cm³/mol. The van der Waals surface area contributed by atoms with E-state index < -0.39 is 17.1 Å². The minimum Gasteiger partial charge on any atom is -0.385 e. The van der Waals surface area contributed by atoms with Crippen molar-refractivity contribution in [3.8, 4) is 0 Å². The molecule has 0 saturated heterocycles. The Morgan fingerprint density at radius 1 is 1.00 bits per heavy atom. The van der Waals surface area contributed by atoms with Gasteiger partial charge in [-0.05, 0) is 81.5 Å². The lowest BCUT2D eigenvalue weighted by molar-refractivity contribution is -0.212. The van der Waals surface area contributed by atoms with Gasteiger partial charge in [-0.2, -0.15) is 0 Å². The van der Waals surface area contributed by atoms with Crippen molar-refractivity contribution in [2.75, 3.05) is 0 Å². The highest BCUT2D eigenvalue weighted by molar-refractivity contribution is 5.92. The summed E-state index contributed by atoms with van der Waals surface area (Å²) in [5.41, 5.74) is -1.70. The molecular formula is C21H32O4. The zero-order chi connectivity index (χ0) is 18.2. The largest absolute Gasteiger partial charge is 0.385 e. The van der Waals surface area contributed by atoms with Gasteiger partial charge in [0, 0.05) is 11.3 Å². The fraction of sp³-hybridized carbons (Fsp3) is 0.905. The molecule has 0 heterocycles. The van der Waals surface area contributed by atoms with Crippen LogP contribution in [0.2, 0.25) is 0 Å². The Balaban J connectivity index is 1.68. The van der Waals surface area contributed by atoms with Gasteiger partial charge in [-0.1, -0.05) is 13.8 Å². The van der Waals surface area contributed by atoms with Crippen LogP contribution < -0.4 is 0 Å². The number of ketones is 2. The van der Waals surface area contributed by atoms with Gasteiger partial charge in [0.05, 0.1) is 0 Å². The Hall–Kier alpha value is -0.740. The Morgan fingerprint density at radius 3 is 2.40 bits per heavy atom. The summed E-state index contributed by atoms with van der Waals surface area (Å²) in [6, 6.07) is 0. The highest BCUT2D eigenvalue weighted by Gasteiger charge is 2.67. The van der Waals surface area contributed by atoms with Crippen molar-refractivity contribution < 1.29 is 19.8 Å². The van der Waals surface area contributed by atoms with Gasteiger partial charge >= 0.3 is 0 Å². The van der Waals surface area contributed by atoms with Gasteiger partial charge in [0.2, 0.25) is 0 Å². The van der Waals surface area contributed by atoms with Crippen LogP contribution in [0.3, 0.4) is 0 Å². The van der Waals surface area contributed by atoms with Crippen molar-refractivity contribution >= 4 is 11.6 Å². The first-order valence-electron chi connectivity index (χ1n) is 10.1. The van der Waals surface area contributed by atoms with Gasteiger partial charge in [-0.25, -0.2) is 0 Å². The maximum absolute atomic E-state index is 12.6. The fourth-order valence-electron chi connectivity index (χ4n) is 7.76. The van der Waals surface area contributed by atoms with E-state index in [2.05, 4.69) is 13.8 Å². The third kappa shape index (κ3) is 2.07. The van der Waals surface area contributed by atoms with Gasteiger partial charge in [0.25, 0.3) is 0 Å². The number of carbonyl (C=O) groups is 2. The molecule has 2 N–H and O–H groups in total. The lowest BCUT2D eigenvalue weighted by atomic mass is 9.43. The SMILES string of the molecule is CC(=O)[C@H]1CC[C@H]2[C@@H]3CCC4(O)C(=O)C(O)CC[C@]4(C)[C@H]3CC[C@]12C. The van der Waals surface area contributed by atoms with E-state index in [4.69, 9.17) is 0 Å². The number of aliphatic hydroxyl groups excluding tert-OH is 1. The highest BCUT2D eigenvalue weighted by Crippen LogP contribution is 2.67. The highest BCUT2D eigenvalue weighted by atomic mass is 16.3. The molecule has 0 aromatic heterocycles. The molecule has 0 spiro atoms. The lowest BCUT2D eigenvalue weighted by Crippen LogP contribution is -2.67. The van der Waals surface area contributed by atoms with Crippen molar-refractivity contribution in [1.29, 1.82) is 0 Å². The van der Waals surface area contributed by atoms with E-state index in [0.29, 0.717) is 36.4 Å². The Labute approximate surface area is 150 Å². The first-order chi connectivity index (χ1) is 11.6. The van der Waals surface area contributed by atoms with E-state index >= 15 is 0 Å². The van der Waals surface area contributed by atoms with E-state index in [9.17, 15) is 19.8 Å². The summed E-state index contributed by atoms with van der Waals surface area (Å²) in [4.78, 5) is 24.8. The molecule has 4 nitrogen and oxygen atoms in total. The molecule has 25 heavy (non-hydrogen) atoms. The standard InChI is InChI=1S/C21H32O4/c1-12(22)14-4-5-15-13-6-11-21(25)18(24)17(23)8-10-20(21,3)16(13)7-9-19(14,15)2/h13-17,23,25H,4-11H2,1-3H3/t13-,14+,15-,16-,17?,19+,20+,21?/m0/s1. The van der Waals surface area contributed by atoms with Crippen LogP contribution in [0.4, 0.5) is 0 Å². The summed E-state index contributed by atoms with van der Waals surface area (Å²) < 4.78 is 0. The van der Waals surface area contributed by atoms with Crippen LogP contribution in [0.25, 0.3) is 0 Å². The maximum Gasteiger partial charge on any atom is 0.193 e. The lowest BCUT2D eigenvalue weighted by Gasteiger charge is -2.63. The maximum atomic E-state index is 12.6. The van der Waals surface area contributed by atoms with Crippen LogP contribution in [0.1, 0.15) is 72.1 Å². The molecule has 2 unspecified atom stereocenters. The second-order valence-electron chi connectivity index (χ2n) is 9.90. The summed E-state index contributed by atoms with van der Waals surface area (Å²) in [6.07, 6.45) is 5.62. The minimum absolute atomic E-state index is 0.0943. The molecule has 0 amide bonds. The van der Waals surface area contributed by atoms with Crippen molar-refractivity contribution in [2.24, 2.45) is 34.5 Å². The molecule has 0 aromatic carbocycles. The minimum atomic E-state index is -1.36. The molecule has 0 radical (unpaired) electrons. The fourth-order valence-corrected chi connectivity index (χ4v) is 7.76. The third-order valence-electron chi connectivity index (χ3n) is 9.18. The van der Waals surface area contributed by atoms with Crippen molar-refractivity contribution in [3.05, 3.63) is 0 Å². The third-order valence-corrected chi connectivity index (χ3v) is 9.18. The quantitative estimate of drug-likeness (QED) is 0.764. The number of hydrogen-bond donors (Lipinski definition) is 2. The van der Waals surface area contributed by atoms with E-state index in [0.717, 1.165) is 38.5 Å². The zero-order valence-electron chi connectivity index (χ0n) is 15.8. The molecule has 140 valence electrons. The molecule has 4 aliphatic rings. The van der Waals surface area contributed by atoms with E-state index in [-0.39, 0.29) is 17.1 Å². The Kier molecular flexibility index (Phi) is 3.81. The molecule has 8 atom stereocenters.